The van der Waals surface area contributed by atoms with Crippen LogP contribution >= 0.6 is 0 Å². The maximum Gasteiger partial charge on any atom is 0.488 e. The lowest BCUT2D eigenvalue weighted by Crippen LogP contribution is -2.45. The van der Waals surface area contributed by atoms with Gasteiger partial charge in [-0.05, 0) is 45.6 Å². The highest BCUT2D eigenvalue weighted by Gasteiger charge is 2.35. The van der Waals surface area contributed by atoms with Crippen molar-refractivity contribution >= 4 is 42.0 Å². The molecule has 0 unspecified atom stereocenters. The Kier molecular flexibility index (Phi) is 8.71. The van der Waals surface area contributed by atoms with Gasteiger partial charge in [-0.1, -0.05) is 0 Å². The first-order chi connectivity index (χ1) is 16.1. The van der Waals surface area contributed by atoms with Crippen LogP contribution in [0.4, 0.5) is 5.69 Å². The number of amides is 3. The van der Waals surface area contributed by atoms with E-state index in [-0.39, 0.29) is 43.3 Å². The molecule has 35 heavy (non-hydrogen) atoms. The Bertz CT molecular complexity index is 1010. The number of hydrogen-bond acceptors (Lipinski definition) is 10. The standard InChI is InChI=1S/C21H28BN3O10/c1-20(2,23-19(29)13-9-14(22(30)31)11-15(10-13)25(32)33)7-8-34-21(3,4)12-18(28)35-24-16(26)5-6-17(24)27/h9-11,30-31H,5-8,12H2,1-4H3,(H,23,29). The summed E-state index contributed by atoms with van der Waals surface area (Å²) >= 11 is 0. The molecule has 0 saturated carbocycles. The molecule has 1 fully saturated rings. The van der Waals surface area contributed by atoms with Gasteiger partial charge in [-0.2, -0.15) is 0 Å². The second-order valence-corrected chi connectivity index (χ2v) is 9.36. The van der Waals surface area contributed by atoms with Crippen LogP contribution in [0, 0.1) is 10.1 Å². The zero-order chi connectivity index (χ0) is 26.6. The molecule has 1 heterocycles. The van der Waals surface area contributed by atoms with Crippen molar-refractivity contribution < 1.29 is 43.7 Å². The predicted molar refractivity (Wildman–Crippen MR) is 121 cm³/mol. The van der Waals surface area contributed by atoms with Crippen molar-refractivity contribution in [2.24, 2.45) is 0 Å². The number of hydrogen-bond donors (Lipinski definition) is 3. The van der Waals surface area contributed by atoms with E-state index in [4.69, 9.17) is 9.57 Å². The zero-order valence-corrected chi connectivity index (χ0v) is 19.9. The lowest BCUT2D eigenvalue weighted by Gasteiger charge is -2.30. The van der Waals surface area contributed by atoms with Gasteiger partial charge in [0, 0.05) is 42.7 Å². The predicted octanol–water partition coefficient (Wildman–Crippen LogP) is -0.0344. The number of carbonyl (C=O) groups is 4. The number of hydroxylamine groups is 2. The molecular formula is C21H28BN3O10. The summed E-state index contributed by atoms with van der Waals surface area (Å²) in [6.07, 6.45) is 0.0254. The van der Waals surface area contributed by atoms with Crippen LogP contribution < -0.4 is 10.8 Å². The molecule has 0 bridgehead atoms. The molecule has 1 aliphatic rings. The lowest BCUT2D eigenvalue weighted by atomic mass is 9.79. The third-order valence-electron chi connectivity index (χ3n) is 5.15. The Morgan fingerprint density at radius 1 is 1.14 bits per heavy atom. The first-order valence-corrected chi connectivity index (χ1v) is 10.8. The molecule has 0 aromatic heterocycles. The van der Waals surface area contributed by atoms with Crippen molar-refractivity contribution in [1.29, 1.82) is 0 Å². The van der Waals surface area contributed by atoms with Gasteiger partial charge in [0.25, 0.3) is 23.4 Å². The quantitative estimate of drug-likeness (QED) is 0.164. The number of nitro benzene ring substituents is 1. The summed E-state index contributed by atoms with van der Waals surface area (Å²) < 4.78 is 5.75. The van der Waals surface area contributed by atoms with Crippen LogP contribution in [0.1, 0.15) is 63.7 Å². The van der Waals surface area contributed by atoms with Crippen LogP contribution in [-0.2, 0) is 24.0 Å². The van der Waals surface area contributed by atoms with Gasteiger partial charge in [0.2, 0.25) is 0 Å². The number of imide groups is 1. The van der Waals surface area contributed by atoms with Gasteiger partial charge < -0.3 is 24.9 Å². The van der Waals surface area contributed by atoms with E-state index in [2.05, 4.69) is 5.32 Å². The van der Waals surface area contributed by atoms with Crippen LogP contribution in [0.25, 0.3) is 0 Å². The van der Waals surface area contributed by atoms with E-state index < -0.39 is 52.6 Å². The second-order valence-electron chi connectivity index (χ2n) is 9.36. The Balaban J connectivity index is 1.92. The monoisotopic (exact) mass is 493 g/mol. The average molecular weight is 493 g/mol. The molecule has 2 rings (SSSR count). The van der Waals surface area contributed by atoms with Crippen LogP contribution in [0.3, 0.4) is 0 Å². The molecule has 0 atom stereocenters. The highest BCUT2D eigenvalue weighted by atomic mass is 16.7. The second kappa shape index (κ2) is 10.9. The summed E-state index contributed by atoms with van der Waals surface area (Å²) in [6.45, 7) is 6.74. The van der Waals surface area contributed by atoms with Crippen molar-refractivity contribution in [2.45, 2.75) is 64.5 Å². The van der Waals surface area contributed by atoms with Crippen molar-refractivity contribution in [3.8, 4) is 0 Å². The Morgan fingerprint density at radius 2 is 1.74 bits per heavy atom. The smallest absolute Gasteiger partial charge is 0.423 e. The Hall–Kier alpha value is -3.36. The molecule has 14 heteroatoms. The van der Waals surface area contributed by atoms with E-state index >= 15 is 0 Å². The molecule has 1 aromatic rings. The van der Waals surface area contributed by atoms with E-state index in [9.17, 15) is 39.3 Å². The fourth-order valence-electron chi connectivity index (χ4n) is 3.24. The number of rotatable bonds is 11. The highest BCUT2D eigenvalue weighted by Crippen LogP contribution is 2.21. The summed E-state index contributed by atoms with van der Waals surface area (Å²) in [5.74, 6) is -2.63. The zero-order valence-electron chi connectivity index (χ0n) is 19.9. The molecule has 1 saturated heterocycles. The summed E-state index contributed by atoms with van der Waals surface area (Å²) in [5.41, 5.74) is -2.63. The van der Waals surface area contributed by atoms with Crippen LogP contribution in [0.15, 0.2) is 18.2 Å². The molecule has 1 aliphatic heterocycles. The molecule has 1 aromatic carbocycles. The number of nitrogens with zero attached hydrogens (tertiary/aromatic N) is 2. The molecule has 0 radical (unpaired) electrons. The SMILES string of the molecule is CC(C)(CCOC(C)(C)CC(=O)ON1C(=O)CCC1=O)NC(=O)c1cc(B(O)O)cc([N+](=O)[O-])c1. The molecule has 3 N–H and O–H groups in total. The molecule has 0 spiro atoms. The Morgan fingerprint density at radius 3 is 2.29 bits per heavy atom. The molecule has 3 amide bonds. The summed E-state index contributed by atoms with van der Waals surface area (Å²) in [5, 5.41) is 33.0. The van der Waals surface area contributed by atoms with Gasteiger partial charge in [0.15, 0.2) is 0 Å². The van der Waals surface area contributed by atoms with Crippen molar-refractivity contribution in [2.75, 3.05) is 6.61 Å². The van der Waals surface area contributed by atoms with Crippen LogP contribution in [0.5, 0.6) is 0 Å². The number of non-ortho nitro benzene ring substituents is 1. The summed E-state index contributed by atoms with van der Waals surface area (Å²) in [7, 11) is -1.99. The van der Waals surface area contributed by atoms with Crippen molar-refractivity contribution in [1.82, 2.24) is 10.4 Å². The minimum absolute atomic E-state index is 0.00890. The topological polar surface area (TPSA) is 186 Å². The van der Waals surface area contributed by atoms with Crippen molar-refractivity contribution in [3.05, 3.63) is 33.9 Å². The van der Waals surface area contributed by atoms with Gasteiger partial charge >= 0.3 is 13.1 Å². The molecule has 13 nitrogen and oxygen atoms in total. The first-order valence-electron chi connectivity index (χ1n) is 10.8. The maximum atomic E-state index is 12.7. The first kappa shape index (κ1) is 27.9. The van der Waals surface area contributed by atoms with Crippen LogP contribution in [-0.4, -0.2) is 68.6 Å². The van der Waals surface area contributed by atoms with Gasteiger partial charge in [0.05, 0.1) is 16.9 Å². The van der Waals surface area contributed by atoms with Gasteiger partial charge in [0.1, 0.15) is 0 Å². The normalized spacial score (nSPS) is 14.2. The molecule has 190 valence electrons. The Labute approximate surface area is 201 Å². The minimum Gasteiger partial charge on any atom is -0.423 e. The number of benzene rings is 1. The lowest BCUT2D eigenvalue weighted by molar-refractivity contribution is -0.384. The van der Waals surface area contributed by atoms with E-state index in [0.717, 1.165) is 18.2 Å². The minimum atomic E-state index is -1.99. The summed E-state index contributed by atoms with van der Waals surface area (Å²) in [6, 6.07) is 3.13. The van der Waals surface area contributed by atoms with Crippen molar-refractivity contribution in [3.63, 3.8) is 0 Å². The maximum absolute atomic E-state index is 12.7. The molecular weight excluding hydrogens is 465 g/mol. The average Bonchev–Trinajstić information content (AvgIpc) is 3.04. The fraction of sp³-hybridized carbons (Fsp3) is 0.524. The van der Waals surface area contributed by atoms with E-state index in [1.54, 1.807) is 27.7 Å². The number of ether oxygens (including phenoxy) is 1. The molecule has 0 aliphatic carbocycles. The third kappa shape index (κ3) is 8.12. The number of nitro groups is 1. The number of nitrogens with one attached hydrogen (secondary N) is 1. The van der Waals surface area contributed by atoms with Gasteiger partial charge in [-0.15, -0.1) is 5.06 Å². The van der Waals surface area contributed by atoms with E-state index in [1.165, 1.54) is 0 Å². The summed E-state index contributed by atoms with van der Waals surface area (Å²) in [4.78, 5) is 63.1. The highest BCUT2D eigenvalue weighted by molar-refractivity contribution is 6.58. The number of carbonyl (C=O) groups excluding carboxylic acids is 4. The fourth-order valence-corrected chi connectivity index (χ4v) is 3.24. The van der Waals surface area contributed by atoms with Gasteiger partial charge in [-0.3, -0.25) is 24.5 Å². The largest absolute Gasteiger partial charge is 0.488 e. The van der Waals surface area contributed by atoms with Crippen LogP contribution in [0.2, 0.25) is 0 Å². The van der Waals surface area contributed by atoms with E-state index in [1.807, 2.05) is 0 Å². The van der Waals surface area contributed by atoms with E-state index in [0.29, 0.717) is 5.06 Å². The van der Waals surface area contributed by atoms with Gasteiger partial charge in [-0.25, -0.2) is 4.79 Å². The third-order valence-corrected chi connectivity index (χ3v) is 5.15.